The minimum absolute atomic E-state index is 0.604. The van der Waals surface area contributed by atoms with Crippen molar-refractivity contribution in [3.63, 3.8) is 0 Å². The number of benzene rings is 1. The lowest BCUT2D eigenvalue weighted by atomic mass is 9.87. The number of methoxy groups -OCH3 is 1. The first-order valence-electron chi connectivity index (χ1n) is 7.44. The third-order valence-corrected chi connectivity index (χ3v) is 4.06. The molecule has 0 amide bonds. The van der Waals surface area contributed by atoms with Crippen molar-refractivity contribution in [1.82, 2.24) is 5.32 Å². The highest BCUT2D eigenvalue weighted by atomic mass is 16.5. The van der Waals surface area contributed by atoms with E-state index in [-0.39, 0.29) is 0 Å². The van der Waals surface area contributed by atoms with E-state index < -0.39 is 0 Å². The summed E-state index contributed by atoms with van der Waals surface area (Å²) in [4.78, 5) is 0. The SMILES string of the molecule is CCNC(CCc1ccc(OC)cc1)C(C)C(C)C. The van der Waals surface area contributed by atoms with Crippen molar-refractivity contribution in [3.8, 4) is 5.75 Å². The van der Waals surface area contributed by atoms with Crippen LogP contribution in [0.1, 0.15) is 39.7 Å². The molecule has 0 spiro atoms. The molecular weight excluding hydrogens is 234 g/mol. The molecule has 108 valence electrons. The molecule has 19 heavy (non-hydrogen) atoms. The van der Waals surface area contributed by atoms with E-state index in [2.05, 4.69) is 45.1 Å². The van der Waals surface area contributed by atoms with Gasteiger partial charge in [-0.3, -0.25) is 0 Å². The maximum Gasteiger partial charge on any atom is 0.118 e. The Balaban J connectivity index is 2.54. The predicted molar refractivity (Wildman–Crippen MR) is 82.8 cm³/mol. The lowest BCUT2D eigenvalue weighted by Crippen LogP contribution is -2.37. The van der Waals surface area contributed by atoms with Gasteiger partial charge in [-0.25, -0.2) is 0 Å². The molecule has 0 aromatic heterocycles. The van der Waals surface area contributed by atoms with Gasteiger partial charge in [-0.15, -0.1) is 0 Å². The minimum Gasteiger partial charge on any atom is -0.497 e. The van der Waals surface area contributed by atoms with E-state index in [1.807, 2.05) is 12.1 Å². The first kappa shape index (κ1) is 16.0. The number of ether oxygens (including phenoxy) is 1. The van der Waals surface area contributed by atoms with Crippen molar-refractivity contribution in [1.29, 1.82) is 0 Å². The lowest BCUT2D eigenvalue weighted by Gasteiger charge is -2.28. The van der Waals surface area contributed by atoms with E-state index in [9.17, 15) is 0 Å². The summed E-state index contributed by atoms with van der Waals surface area (Å²) in [6.45, 7) is 10.2. The normalized spacial score (nSPS) is 14.4. The highest BCUT2D eigenvalue weighted by molar-refractivity contribution is 5.27. The molecule has 2 heteroatoms. The van der Waals surface area contributed by atoms with Gasteiger partial charge >= 0.3 is 0 Å². The molecule has 2 nitrogen and oxygen atoms in total. The molecule has 0 saturated heterocycles. The number of nitrogens with one attached hydrogen (secondary N) is 1. The van der Waals surface area contributed by atoms with Crippen LogP contribution < -0.4 is 10.1 Å². The molecule has 0 fully saturated rings. The molecule has 0 saturated carbocycles. The van der Waals surface area contributed by atoms with E-state index in [0.717, 1.165) is 24.6 Å². The van der Waals surface area contributed by atoms with Crippen molar-refractivity contribution >= 4 is 0 Å². The molecule has 1 aromatic carbocycles. The minimum atomic E-state index is 0.604. The fourth-order valence-corrected chi connectivity index (χ4v) is 2.39. The molecule has 0 bridgehead atoms. The molecule has 0 radical (unpaired) electrons. The first-order chi connectivity index (χ1) is 9.08. The second-order valence-corrected chi connectivity index (χ2v) is 5.65. The Labute approximate surface area is 118 Å². The summed E-state index contributed by atoms with van der Waals surface area (Å²) in [5.41, 5.74) is 1.39. The van der Waals surface area contributed by atoms with Gasteiger partial charge in [-0.2, -0.15) is 0 Å². The standard InChI is InChI=1S/C17H29NO/c1-6-18-17(14(4)13(2)3)12-9-15-7-10-16(19-5)11-8-15/h7-8,10-11,13-14,17-18H,6,9,12H2,1-5H3. The Morgan fingerprint density at radius 2 is 1.74 bits per heavy atom. The summed E-state index contributed by atoms with van der Waals surface area (Å²) in [6, 6.07) is 9.03. The molecule has 0 aliphatic rings. The average molecular weight is 263 g/mol. The molecule has 1 N–H and O–H groups in total. The van der Waals surface area contributed by atoms with Crippen LogP contribution in [-0.2, 0) is 6.42 Å². The van der Waals surface area contributed by atoms with Gasteiger partial charge in [0.1, 0.15) is 5.75 Å². The van der Waals surface area contributed by atoms with E-state index >= 15 is 0 Å². The van der Waals surface area contributed by atoms with Crippen molar-refractivity contribution in [2.24, 2.45) is 11.8 Å². The quantitative estimate of drug-likeness (QED) is 0.768. The molecular formula is C17H29NO. The molecule has 2 unspecified atom stereocenters. The third-order valence-electron chi connectivity index (χ3n) is 4.06. The second kappa shape index (κ2) is 8.21. The summed E-state index contributed by atoms with van der Waals surface area (Å²) >= 11 is 0. The van der Waals surface area contributed by atoms with Crippen molar-refractivity contribution in [2.45, 2.75) is 46.6 Å². The van der Waals surface area contributed by atoms with Gasteiger partial charge in [-0.05, 0) is 48.9 Å². The number of rotatable bonds is 8. The number of hydrogen-bond acceptors (Lipinski definition) is 2. The van der Waals surface area contributed by atoms with E-state index in [0.29, 0.717) is 12.0 Å². The maximum absolute atomic E-state index is 5.19. The van der Waals surface area contributed by atoms with Gasteiger partial charge in [0.25, 0.3) is 0 Å². The van der Waals surface area contributed by atoms with Crippen LogP contribution in [0.5, 0.6) is 5.75 Å². The van der Waals surface area contributed by atoms with Gasteiger partial charge in [0.05, 0.1) is 7.11 Å². The Hall–Kier alpha value is -1.02. The fraction of sp³-hybridized carbons (Fsp3) is 0.647. The van der Waals surface area contributed by atoms with Crippen molar-refractivity contribution in [3.05, 3.63) is 29.8 Å². The zero-order chi connectivity index (χ0) is 14.3. The molecule has 0 aliphatic heterocycles. The van der Waals surface area contributed by atoms with E-state index in [4.69, 9.17) is 4.74 Å². The van der Waals surface area contributed by atoms with Crippen LogP contribution in [0, 0.1) is 11.8 Å². The van der Waals surface area contributed by atoms with Gasteiger partial charge < -0.3 is 10.1 Å². The van der Waals surface area contributed by atoms with Crippen LogP contribution in [0.4, 0.5) is 0 Å². The van der Waals surface area contributed by atoms with Gasteiger partial charge in [-0.1, -0.05) is 39.8 Å². The monoisotopic (exact) mass is 263 g/mol. The Bertz CT molecular complexity index is 345. The molecule has 0 aliphatic carbocycles. The zero-order valence-corrected chi connectivity index (χ0v) is 13.1. The lowest BCUT2D eigenvalue weighted by molar-refractivity contribution is 0.289. The van der Waals surface area contributed by atoms with Crippen LogP contribution in [0.2, 0.25) is 0 Å². The Kier molecular flexibility index (Phi) is 6.93. The van der Waals surface area contributed by atoms with Crippen LogP contribution in [0.15, 0.2) is 24.3 Å². The summed E-state index contributed by atoms with van der Waals surface area (Å²) in [5, 5.41) is 3.63. The van der Waals surface area contributed by atoms with Gasteiger partial charge in [0, 0.05) is 6.04 Å². The first-order valence-corrected chi connectivity index (χ1v) is 7.44. The van der Waals surface area contributed by atoms with Crippen LogP contribution in [0.25, 0.3) is 0 Å². The molecule has 1 rings (SSSR count). The highest BCUT2D eigenvalue weighted by Crippen LogP contribution is 2.20. The highest BCUT2D eigenvalue weighted by Gasteiger charge is 2.18. The van der Waals surface area contributed by atoms with E-state index in [1.165, 1.54) is 12.0 Å². The van der Waals surface area contributed by atoms with E-state index in [1.54, 1.807) is 7.11 Å². The van der Waals surface area contributed by atoms with Crippen molar-refractivity contribution in [2.75, 3.05) is 13.7 Å². The Morgan fingerprint density at radius 3 is 2.21 bits per heavy atom. The predicted octanol–water partition coefficient (Wildman–Crippen LogP) is 3.90. The molecule has 1 aromatic rings. The number of aryl methyl sites for hydroxylation is 1. The second-order valence-electron chi connectivity index (χ2n) is 5.65. The van der Waals surface area contributed by atoms with Crippen LogP contribution >= 0.6 is 0 Å². The molecule has 2 atom stereocenters. The summed E-state index contributed by atoms with van der Waals surface area (Å²) in [7, 11) is 1.71. The summed E-state index contributed by atoms with van der Waals surface area (Å²) < 4.78 is 5.19. The fourth-order valence-electron chi connectivity index (χ4n) is 2.39. The average Bonchev–Trinajstić information content (AvgIpc) is 2.43. The molecule has 0 heterocycles. The summed E-state index contributed by atoms with van der Waals surface area (Å²) in [5.74, 6) is 2.36. The zero-order valence-electron chi connectivity index (χ0n) is 13.1. The number of hydrogen-bond donors (Lipinski definition) is 1. The largest absolute Gasteiger partial charge is 0.497 e. The Morgan fingerprint density at radius 1 is 1.11 bits per heavy atom. The third kappa shape index (κ3) is 5.23. The summed E-state index contributed by atoms with van der Waals surface area (Å²) in [6.07, 6.45) is 2.32. The topological polar surface area (TPSA) is 21.3 Å². The van der Waals surface area contributed by atoms with Gasteiger partial charge in [0.2, 0.25) is 0 Å². The maximum atomic E-state index is 5.19. The van der Waals surface area contributed by atoms with Crippen molar-refractivity contribution < 1.29 is 4.74 Å². The smallest absolute Gasteiger partial charge is 0.118 e. The van der Waals surface area contributed by atoms with Crippen LogP contribution in [-0.4, -0.2) is 19.7 Å². The van der Waals surface area contributed by atoms with Crippen LogP contribution in [0.3, 0.4) is 0 Å². The van der Waals surface area contributed by atoms with Gasteiger partial charge in [0.15, 0.2) is 0 Å².